The van der Waals surface area contributed by atoms with Gasteiger partial charge in [-0.1, -0.05) is 0 Å². The minimum Gasteiger partial charge on any atom is -0.481 e. The summed E-state index contributed by atoms with van der Waals surface area (Å²) in [4.78, 5) is 11.5. The van der Waals surface area contributed by atoms with Crippen LogP contribution in [0.3, 0.4) is 0 Å². The van der Waals surface area contributed by atoms with Crippen LogP contribution in [0.25, 0.3) is 0 Å². The highest BCUT2D eigenvalue weighted by molar-refractivity contribution is 7.10. The molecule has 0 radical (unpaired) electrons. The predicted octanol–water partition coefficient (Wildman–Crippen LogP) is 0.978. The average molecular weight is 183 g/mol. The van der Waals surface area contributed by atoms with Crippen molar-refractivity contribution in [3.8, 4) is 0 Å². The second kappa shape index (κ2) is 2.88. The van der Waals surface area contributed by atoms with E-state index in [9.17, 15) is 4.79 Å². The van der Waals surface area contributed by atoms with Gasteiger partial charge in [-0.3, -0.25) is 4.79 Å². The molecule has 0 atom stereocenters. The summed E-state index contributed by atoms with van der Waals surface area (Å²) in [6.45, 7) is 1.73. The lowest BCUT2D eigenvalue weighted by atomic mass is 10.1. The topological polar surface area (TPSA) is 49.3 Å². The van der Waals surface area contributed by atoms with Gasteiger partial charge in [0.2, 0.25) is 0 Å². The smallest absolute Gasteiger partial charge is 0.308 e. The summed E-state index contributed by atoms with van der Waals surface area (Å²) in [5.41, 5.74) is 2.48. The van der Waals surface area contributed by atoms with Crippen molar-refractivity contribution in [3.63, 3.8) is 0 Å². The molecule has 0 aliphatic carbocycles. The van der Waals surface area contributed by atoms with Crippen molar-refractivity contribution < 1.29 is 9.90 Å². The number of hydrogen-bond donors (Lipinski definition) is 2. The molecule has 0 spiro atoms. The Hall–Kier alpha value is -0.870. The molecule has 0 bridgehead atoms. The minimum absolute atomic E-state index is 0.168. The number of carbonyl (C=O) groups is 1. The van der Waals surface area contributed by atoms with Gasteiger partial charge in [0.1, 0.15) is 0 Å². The summed E-state index contributed by atoms with van der Waals surface area (Å²) in [5.74, 6) is -0.744. The van der Waals surface area contributed by atoms with Gasteiger partial charge in [-0.25, -0.2) is 0 Å². The van der Waals surface area contributed by atoms with Gasteiger partial charge in [-0.2, -0.15) is 0 Å². The van der Waals surface area contributed by atoms with E-state index < -0.39 is 5.97 Å². The summed E-state index contributed by atoms with van der Waals surface area (Å²) >= 11 is 1.56. The first-order valence-corrected chi connectivity index (χ1v) is 4.66. The van der Waals surface area contributed by atoms with Gasteiger partial charge < -0.3 is 10.4 Å². The number of aliphatic carboxylic acids is 1. The van der Waals surface area contributed by atoms with Gasteiger partial charge in [-0.05, 0) is 16.5 Å². The van der Waals surface area contributed by atoms with Crippen molar-refractivity contribution in [1.82, 2.24) is 5.32 Å². The van der Waals surface area contributed by atoms with Crippen LogP contribution in [0.1, 0.15) is 16.0 Å². The third-order valence-electron chi connectivity index (χ3n) is 2.00. The molecule has 2 heterocycles. The Labute approximate surface area is 74.0 Å². The van der Waals surface area contributed by atoms with Crippen molar-refractivity contribution in [3.05, 3.63) is 21.4 Å². The molecule has 1 aliphatic rings. The summed E-state index contributed by atoms with van der Waals surface area (Å²) in [7, 11) is 0. The van der Waals surface area contributed by atoms with Gasteiger partial charge in [0, 0.05) is 18.0 Å². The summed E-state index contributed by atoms with van der Waals surface area (Å²) in [6.07, 6.45) is 0.168. The summed E-state index contributed by atoms with van der Waals surface area (Å²) in [6, 6.07) is 0. The number of rotatable bonds is 2. The number of fused-ring (bicyclic) bond motifs is 1. The van der Waals surface area contributed by atoms with Crippen LogP contribution in [0.15, 0.2) is 5.38 Å². The summed E-state index contributed by atoms with van der Waals surface area (Å²) < 4.78 is 0. The van der Waals surface area contributed by atoms with Crippen LogP contribution in [-0.2, 0) is 24.3 Å². The van der Waals surface area contributed by atoms with E-state index >= 15 is 0 Å². The molecule has 0 unspecified atom stereocenters. The van der Waals surface area contributed by atoms with E-state index in [-0.39, 0.29) is 6.42 Å². The van der Waals surface area contributed by atoms with Crippen molar-refractivity contribution in [2.24, 2.45) is 0 Å². The third-order valence-corrected chi connectivity index (χ3v) is 3.07. The minimum atomic E-state index is -0.744. The fraction of sp³-hybridized carbons (Fsp3) is 0.375. The van der Waals surface area contributed by atoms with Crippen LogP contribution < -0.4 is 5.32 Å². The van der Waals surface area contributed by atoms with Crippen molar-refractivity contribution in [2.45, 2.75) is 19.5 Å². The maximum absolute atomic E-state index is 10.5. The number of carboxylic acid groups (broad SMARTS) is 1. The van der Waals surface area contributed by atoms with E-state index in [2.05, 4.69) is 5.32 Å². The Morgan fingerprint density at radius 2 is 2.50 bits per heavy atom. The Balaban J connectivity index is 2.27. The standard InChI is InChI=1S/C8H9NO2S/c10-8(11)1-7-6-3-9-2-5(6)4-12-7/h4,9H,1-3H2,(H,10,11). The van der Waals surface area contributed by atoms with E-state index in [0.717, 1.165) is 18.0 Å². The number of nitrogens with one attached hydrogen (secondary N) is 1. The molecule has 0 saturated heterocycles. The quantitative estimate of drug-likeness (QED) is 0.718. The summed E-state index contributed by atoms with van der Waals surface area (Å²) in [5, 5.41) is 13.8. The van der Waals surface area contributed by atoms with Gasteiger partial charge in [0.15, 0.2) is 0 Å². The highest BCUT2D eigenvalue weighted by Crippen LogP contribution is 2.26. The molecule has 1 aromatic rings. The van der Waals surface area contributed by atoms with Crippen molar-refractivity contribution in [1.29, 1.82) is 0 Å². The normalized spacial score (nSPS) is 14.7. The largest absolute Gasteiger partial charge is 0.481 e. The molecule has 1 aliphatic heterocycles. The second-order valence-corrected chi connectivity index (χ2v) is 3.80. The SMILES string of the molecule is O=C(O)Cc1scc2c1CNC2. The number of carboxylic acids is 1. The first-order valence-electron chi connectivity index (χ1n) is 3.78. The molecular weight excluding hydrogens is 174 g/mol. The molecule has 0 fully saturated rings. The van der Waals surface area contributed by atoms with E-state index in [1.54, 1.807) is 11.3 Å². The first kappa shape index (κ1) is 7.76. The van der Waals surface area contributed by atoms with Gasteiger partial charge in [0.05, 0.1) is 6.42 Å². The zero-order valence-corrected chi connectivity index (χ0v) is 7.28. The zero-order chi connectivity index (χ0) is 8.55. The van der Waals surface area contributed by atoms with Gasteiger partial charge >= 0.3 is 5.97 Å². The van der Waals surface area contributed by atoms with E-state index in [4.69, 9.17) is 5.11 Å². The predicted molar refractivity (Wildman–Crippen MR) is 46.2 cm³/mol. The van der Waals surface area contributed by atoms with Crippen molar-refractivity contribution in [2.75, 3.05) is 0 Å². The van der Waals surface area contributed by atoms with Gasteiger partial charge in [0.25, 0.3) is 0 Å². The molecule has 12 heavy (non-hydrogen) atoms. The van der Waals surface area contributed by atoms with E-state index in [0.29, 0.717) is 0 Å². The Bertz CT molecular complexity index is 319. The molecule has 2 rings (SSSR count). The lowest BCUT2D eigenvalue weighted by molar-refractivity contribution is -0.136. The Morgan fingerprint density at radius 3 is 3.25 bits per heavy atom. The lowest BCUT2D eigenvalue weighted by Crippen LogP contribution is -2.04. The molecule has 0 saturated carbocycles. The Kier molecular flexibility index (Phi) is 1.86. The molecule has 0 aromatic carbocycles. The molecule has 0 amide bonds. The zero-order valence-electron chi connectivity index (χ0n) is 6.46. The second-order valence-electron chi connectivity index (χ2n) is 2.84. The van der Waals surface area contributed by atoms with Crippen LogP contribution in [0.2, 0.25) is 0 Å². The molecule has 3 nitrogen and oxygen atoms in total. The van der Waals surface area contributed by atoms with Crippen molar-refractivity contribution >= 4 is 17.3 Å². The van der Waals surface area contributed by atoms with E-state index in [1.165, 1.54) is 11.1 Å². The molecule has 1 aromatic heterocycles. The molecule has 64 valence electrons. The molecular formula is C8H9NO2S. The molecule has 2 N–H and O–H groups in total. The maximum atomic E-state index is 10.5. The Morgan fingerprint density at radius 1 is 1.67 bits per heavy atom. The van der Waals surface area contributed by atoms with Crippen LogP contribution in [0.4, 0.5) is 0 Å². The first-order chi connectivity index (χ1) is 5.77. The van der Waals surface area contributed by atoms with Crippen LogP contribution in [-0.4, -0.2) is 11.1 Å². The molecule has 4 heteroatoms. The number of thiophene rings is 1. The van der Waals surface area contributed by atoms with Crippen LogP contribution >= 0.6 is 11.3 Å². The van der Waals surface area contributed by atoms with Crippen LogP contribution in [0.5, 0.6) is 0 Å². The van der Waals surface area contributed by atoms with Gasteiger partial charge in [-0.15, -0.1) is 11.3 Å². The highest BCUT2D eigenvalue weighted by Gasteiger charge is 2.17. The van der Waals surface area contributed by atoms with Crippen LogP contribution in [0, 0.1) is 0 Å². The number of hydrogen-bond acceptors (Lipinski definition) is 3. The van der Waals surface area contributed by atoms with E-state index in [1.807, 2.05) is 5.38 Å². The monoisotopic (exact) mass is 183 g/mol. The third kappa shape index (κ3) is 1.23. The average Bonchev–Trinajstić information content (AvgIpc) is 2.52. The maximum Gasteiger partial charge on any atom is 0.308 e. The highest BCUT2D eigenvalue weighted by atomic mass is 32.1. The lowest BCUT2D eigenvalue weighted by Gasteiger charge is -1.94. The fourth-order valence-corrected chi connectivity index (χ4v) is 2.49. The fourth-order valence-electron chi connectivity index (χ4n) is 1.43.